The predicted octanol–water partition coefficient (Wildman–Crippen LogP) is 5.28. The number of nitrogens with one attached hydrogen (secondary N) is 1. The van der Waals surface area contributed by atoms with Gasteiger partial charge in [0, 0.05) is 23.6 Å². The number of methoxy groups -OCH3 is 2. The van der Waals surface area contributed by atoms with Crippen molar-refractivity contribution in [3.8, 4) is 23.0 Å². The molecule has 8 heteroatoms. The van der Waals surface area contributed by atoms with Crippen LogP contribution in [-0.4, -0.2) is 50.3 Å². The Morgan fingerprint density at radius 1 is 0.860 bits per heavy atom. The zero-order valence-corrected chi connectivity index (χ0v) is 23.8. The van der Waals surface area contributed by atoms with E-state index in [0.717, 1.165) is 33.5 Å². The Kier molecular flexibility index (Phi) is 6.74. The van der Waals surface area contributed by atoms with Crippen LogP contribution in [-0.2, 0) is 11.2 Å². The van der Waals surface area contributed by atoms with Gasteiger partial charge in [-0.1, -0.05) is 54.6 Å². The number of fused-ring (bicyclic) bond motifs is 4. The summed E-state index contributed by atoms with van der Waals surface area (Å²) in [7, 11) is 3.22. The minimum Gasteiger partial charge on any atom is -0.493 e. The van der Waals surface area contributed by atoms with E-state index in [2.05, 4.69) is 5.32 Å². The lowest BCUT2D eigenvalue weighted by molar-refractivity contribution is -0.130. The molecule has 216 valence electrons. The van der Waals surface area contributed by atoms with Crippen LogP contribution in [0.4, 0.5) is 0 Å². The van der Waals surface area contributed by atoms with Gasteiger partial charge in [0.2, 0.25) is 6.79 Å². The molecule has 0 unspecified atom stereocenters. The zero-order chi connectivity index (χ0) is 29.5. The fourth-order valence-corrected chi connectivity index (χ4v) is 6.33. The van der Waals surface area contributed by atoms with Crippen molar-refractivity contribution in [3.05, 3.63) is 119 Å². The molecule has 0 fully saturated rings. The molecule has 1 N–H and O–H groups in total. The van der Waals surface area contributed by atoms with Gasteiger partial charge in [-0.25, -0.2) is 0 Å². The molecular weight excluding hydrogens is 544 g/mol. The minimum atomic E-state index is -0.881. The number of carbonyl (C=O) groups excluding carboxylic acids is 2. The lowest BCUT2D eigenvalue weighted by Gasteiger charge is -2.44. The lowest BCUT2D eigenvalue weighted by atomic mass is 9.74. The van der Waals surface area contributed by atoms with Gasteiger partial charge in [0.15, 0.2) is 23.0 Å². The molecule has 0 aromatic heterocycles. The third-order valence-corrected chi connectivity index (χ3v) is 8.33. The first-order valence-corrected chi connectivity index (χ1v) is 14.2. The third kappa shape index (κ3) is 4.55. The van der Waals surface area contributed by atoms with E-state index in [1.807, 2.05) is 83.8 Å². The molecule has 43 heavy (non-hydrogen) atoms. The summed E-state index contributed by atoms with van der Waals surface area (Å²) < 4.78 is 22.7. The van der Waals surface area contributed by atoms with Crippen molar-refractivity contribution in [1.82, 2.24) is 10.2 Å². The predicted molar refractivity (Wildman–Crippen MR) is 161 cm³/mol. The molecule has 3 aliphatic rings. The first-order chi connectivity index (χ1) is 21.1. The molecule has 2 amide bonds. The normalized spacial score (nSPS) is 18.6. The maximum absolute atomic E-state index is 14.6. The highest BCUT2D eigenvalue weighted by molar-refractivity contribution is 6.09. The summed E-state index contributed by atoms with van der Waals surface area (Å²) in [5.41, 5.74) is 5.93. The fourth-order valence-electron chi connectivity index (χ4n) is 6.33. The van der Waals surface area contributed by atoms with Gasteiger partial charge in [0.1, 0.15) is 6.04 Å². The van der Waals surface area contributed by atoms with Gasteiger partial charge in [-0.2, -0.15) is 0 Å². The molecule has 3 aliphatic heterocycles. The summed E-state index contributed by atoms with van der Waals surface area (Å²) in [6.45, 7) is 0.588. The molecule has 2 atom stereocenters. The number of hydrogen-bond donors (Lipinski definition) is 1. The summed E-state index contributed by atoms with van der Waals surface area (Å²) in [6, 6.07) is 27.8. The topological polar surface area (TPSA) is 86.3 Å². The van der Waals surface area contributed by atoms with Crippen LogP contribution in [0.1, 0.15) is 38.5 Å². The summed E-state index contributed by atoms with van der Waals surface area (Å²) in [5, 5.41) is 3.12. The first kappa shape index (κ1) is 26.6. The van der Waals surface area contributed by atoms with Crippen molar-refractivity contribution >= 4 is 23.1 Å². The van der Waals surface area contributed by atoms with Crippen molar-refractivity contribution in [1.29, 1.82) is 0 Å². The van der Waals surface area contributed by atoms with Gasteiger partial charge in [0.25, 0.3) is 11.8 Å². The first-order valence-electron chi connectivity index (χ1n) is 14.2. The summed E-state index contributed by atoms with van der Waals surface area (Å²) in [6.07, 6.45) is 0.626. The average molecular weight is 575 g/mol. The molecular formula is C35H30N2O6. The van der Waals surface area contributed by atoms with E-state index < -0.39 is 12.0 Å². The highest BCUT2D eigenvalue weighted by Gasteiger charge is 2.46. The second-order valence-electron chi connectivity index (χ2n) is 10.6. The van der Waals surface area contributed by atoms with Crippen LogP contribution < -0.4 is 24.3 Å². The Morgan fingerprint density at radius 3 is 2.30 bits per heavy atom. The molecule has 0 aliphatic carbocycles. The highest BCUT2D eigenvalue weighted by atomic mass is 16.7. The number of ether oxygens (including phenoxy) is 4. The smallest absolute Gasteiger partial charge is 0.251 e. The Balaban J connectivity index is 1.49. The fraction of sp³-hybridized carbons (Fsp3) is 0.200. The van der Waals surface area contributed by atoms with Crippen LogP contribution in [0.5, 0.6) is 23.0 Å². The standard InChI is InChI=1S/C35H30N2O6/c1-40-27-17-23-15-16-37-33(25(23)19-28(27)41-2)31(21-9-5-3-6-10-21)30(24-13-14-26-29(18-24)43-20-42-26)32(35(37)39)36-34(38)22-11-7-4-8-12-22/h3-14,17-19,30,32H,15-16,20H2,1-2H3,(H,36,38)/t30-,32-/m0/s1. The SMILES string of the molecule is COc1cc2c(cc1OC)C1=C(c3ccccc3)[C@H](c3ccc4c(c3)OCO4)[C@H](NC(=O)c3ccccc3)C(=O)N1CC2. The van der Waals surface area contributed by atoms with Crippen molar-refractivity contribution < 1.29 is 28.5 Å². The molecule has 4 aromatic carbocycles. The molecule has 0 saturated heterocycles. The Morgan fingerprint density at radius 2 is 1.56 bits per heavy atom. The van der Waals surface area contributed by atoms with Crippen LogP contribution in [0.2, 0.25) is 0 Å². The molecule has 7 rings (SSSR count). The maximum atomic E-state index is 14.6. The van der Waals surface area contributed by atoms with Crippen molar-refractivity contribution in [2.45, 2.75) is 18.4 Å². The van der Waals surface area contributed by atoms with Gasteiger partial charge in [-0.3, -0.25) is 9.59 Å². The van der Waals surface area contributed by atoms with E-state index in [-0.39, 0.29) is 18.6 Å². The van der Waals surface area contributed by atoms with Crippen molar-refractivity contribution in [2.24, 2.45) is 0 Å². The quantitative estimate of drug-likeness (QED) is 0.337. The van der Waals surface area contributed by atoms with E-state index in [0.29, 0.717) is 41.5 Å². The number of rotatable bonds is 6. The van der Waals surface area contributed by atoms with Crippen molar-refractivity contribution in [3.63, 3.8) is 0 Å². The molecule has 0 saturated carbocycles. The van der Waals surface area contributed by atoms with E-state index in [9.17, 15) is 9.59 Å². The van der Waals surface area contributed by atoms with Gasteiger partial charge >= 0.3 is 0 Å². The van der Waals surface area contributed by atoms with Gasteiger partial charge in [-0.15, -0.1) is 0 Å². The van der Waals surface area contributed by atoms with Crippen molar-refractivity contribution in [2.75, 3.05) is 27.6 Å². The zero-order valence-electron chi connectivity index (χ0n) is 23.8. The number of hydrogen-bond acceptors (Lipinski definition) is 6. The Labute approximate surface area is 249 Å². The number of amides is 2. The number of carbonyl (C=O) groups is 2. The second kappa shape index (κ2) is 10.9. The molecule has 0 radical (unpaired) electrons. The summed E-state index contributed by atoms with van der Waals surface area (Å²) >= 11 is 0. The molecule has 8 nitrogen and oxygen atoms in total. The second-order valence-corrected chi connectivity index (χ2v) is 10.6. The average Bonchev–Trinajstić information content (AvgIpc) is 3.53. The van der Waals surface area contributed by atoms with Gasteiger partial charge in [0.05, 0.1) is 19.9 Å². The van der Waals surface area contributed by atoms with E-state index >= 15 is 0 Å². The highest BCUT2D eigenvalue weighted by Crippen LogP contribution is 2.50. The molecule has 0 bridgehead atoms. The van der Waals surface area contributed by atoms with Crippen LogP contribution in [0.3, 0.4) is 0 Å². The summed E-state index contributed by atoms with van der Waals surface area (Å²) in [4.78, 5) is 30.0. The van der Waals surface area contributed by atoms with Gasteiger partial charge < -0.3 is 29.2 Å². The Bertz CT molecular complexity index is 1750. The minimum absolute atomic E-state index is 0.131. The monoisotopic (exact) mass is 574 g/mol. The molecule has 4 aromatic rings. The van der Waals surface area contributed by atoms with Crippen LogP contribution >= 0.6 is 0 Å². The van der Waals surface area contributed by atoms with E-state index in [1.165, 1.54) is 0 Å². The lowest BCUT2D eigenvalue weighted by Crippen LogP contribution is -2.55. The van der Waals surface area contributed by atoms with Crippen LogP contribution in [0, 0.1) is 0 Å². The third-order valence-electron chi connectivity index (χ3n) is 8.33. The summed E-state index contributed by atoms with van der Waals surface area (Å²) in [5.74, 6) is 1.43. The molecule has 0 spiro atoms. The van der Waals surface area contributed by atoms with Gasteiger partial charge in [-0.05, 0) is 65.1 Å². The van der Waals surface area contributed by atoms with E-state index in [4.69, 9.17) is 18.9 Å². The largest absolute Gasteiger partial charge is 0.493 e. The van der Waals surface area contributed by atoms with Crippen LogP contribution in [0.25, 0.3) is 11.3 Å². The Hall–Kier alpha value is -5.24. The number of benzene rings is 4. The van der Waals surface area contributed by atoms with Crippen LogP contribution in [0.15, 0.2) is 91.0 Å². The number of nitrogens with zero attached hydrogens (tertiary/aromatic N) is 1. The van der Waals surface area contributed by atoms with E-state index in [1.54, 1.807) is 26.4 Å². The molecule has 3 heterocycles. The maximum Gasteiger partial charge on any atom is 0.251 e.